The summed E-state index contributed by atoms with van der Waals surface area (Å²) in [6.07, 6.45) is 7.17. The number of hydrogen-bond donors (Lipinski definition) is 0. The Bertz CT molecular complexity index is 462. The standard InChI is InChI=1S/C11H10N2/c1-4-11-12(2)9-7-5-6-8-10(9)13(11)3/h5-8H,2-3H3. The molecule has 2 aromatic rings. The van der Waals surface area contributed by atoms with E-state index >= 15 is 0 Å². The van der Waals surface area contributed by atoms with E-state index < -0.39 is 0 Å². The minimum absolute atomic E-state index is 0.779. The first-order valence-corrected chi connectivity index (χ1v) is 4.12. The second kappa shape index (κ2) is 2.63. The normalized spacial score (nSPS) is 10.2. The lowest BCUT2D eigenvalue weighted by molar-refractivity contribution is -0.648. The monoisotopic (exact) mass is 170 g/mol. The van der Waals surface area contributed by atoms with Crippen molar-refractivity contribution < 1.29 is 4.57 Å². The van der Waals surface area contributed by atoms with Gasteiger partial charge in [-0.05, 0) is 12.1 Å². The van der Waals surface area contributed by atoms with Gasteiger partial charge in [-0.15, -0.1) is 0 Å². The zero-order valence-electron chi connectivity index (χ0n) is 7.70. The van der Waals surface area contributed by atoms with Crippen LogP contribution in [0.1, 0.15) is 5.82 Å². The highest BCUT2D eigenvalue weighted by atomic mass is 15.1. The van der Waals surface area contributed by atoms with Gasteiger partial charge in [-0.3, -0.25) is 9.13 Å². The van der Waals surface area contributed by atoms with Crippen LogP contribution in [0.15, 0.2) is 24.3 Å². The first-order valence-electron chi connectivity index (χ1n) is 4.12. The first kappa shape index (κ1) is 7.88. The van der Waals surface area contributed by atoms with Crippen LogP contribution in [0, 0.1) is 12.3 Å². The SMILES string of the molecule is [C-]#Cc1n(C)c2ccccc2[n+]1C. The highest BCUT2D eigenvalue weighted by Crippen LogP contribution is 2.10. The number of aryl methyl sites for hydroxylation is 2. The molecular formula is C11H10N2. The number of rotatable bonds is 0. The maximum atomic E-state index is 7.17. The van der Waals surface area contributed by atoms with Crippen molar-refractivity contribution >= 4 is 11.0 Å². The van der Waals surface area contributed by atoms with Crippen LogP contribution in [-0.2, 0) is 14.1 Å². The molecule has 2 nitrogen and oxygen atoms in total. The van der Waals surface area contributed by atoms with Gasteiger partial charge in [-0.1, -0.05) is 12.1 Å². The van der Waals surface area contributed by atoms with Crippen molar-refractivity contribution in [1.82, 2.24) is 4.57 Å². The molecule has 0 spiro atoms. The lowest BCUT2D eigenvalue weighted by atomic mass is 10.3. The largest absolute Gasteiger partial charge is 0.359 e. The van der Waals surface area contributed by atoms with Crippen LogP contribution < -0.4 is 4.57 Å². The van der Waals surface area contributed by atoms with Crippen LogP contribution in [0.4, 0.5) is 0 Å². The molecule has 0 saturated carbocycles. The van der Waals surface area contributed by atoms with Crippen molar-refractivity contribution in [3.8, 4) is 5.92 Å². The summed E-state index contributed by atoms with van der Waals surface area (Å²) in [5.41, 5.74) is 2.25. The third-order valence-electron chi connectivity index (χ3n) is 2.35. The Morgan fingerprint density at radius 3 is 2.69 bits per heavy atom. The quantitative estimate of drug-likeness (QED) is 0.316. The molecule has 0 fully saturated rings. The number of hydrogen-bond acceptors (Lipinski definition) is 0. The van der Waals surface area contributed by atoms with Gasteiger partial charge in [0, 0.05) is 0 Å². The Labute approximate surface area is 77.4 Å². The van der Waals surface area contributed by atoms with Crippen LogP contribution in [0.3, 0.4) is 0 Å². The average molecular weight is 170 g/mol. The van der Waals surface area contributed by atoms with E-state index in [9.17, 15) is 0 Å². The van der Waals surface area contributed by atoms with Crippen LogP contribution in [-0.4, -0.2) is 4.57 Å². The van der Waals surface area contributed by atoms with Gasteiger partial charge in [0.1, 0.15) is 0 Å². The number of imidazole rings is 1. The summed E-state index contributed by atoms with van der Waals surface area (Å²) in [5.74, 6) is 3.21. The molecule has 0 aliphatic heterocycles. The van der Waals surface area contributed by atoms with Crippen molar-refractivity contribution in [1.29, 1.82) is 0 Å². The molecular weight excluding hydrogens is 160 g/mol. The van der Waals surface area contributed by atoms with Crippen molar-refractivity contribution in [3.63, 3.8) is 0 Å². The molecule has 1 aromatic carbocycles. The van der Waals surface area contributed by atoms with E-state index in [-0.39, 0.29) is 0 Å². The van der Waals surface area contributed by atoms with Gasteiger partial charge in [0.05, 0.1) is 14.1 Å². The number of nitrogens with zero attached hydrogens (tertiary/aromatic N) is 2. The molecule has 1 heterocycles. The summed E-state index contributed by atoms with van der Waals surface area (Å²) in [6, 6.07) is 8.07. The number of aromatic nitrogens is 2. The predicted octanol–water partition coefficient (Wildman–Crippen LogP) is 0.941. The fourth-order valence-electron chi connectivity index (χ4n) is 1.65. The smallest absolute Gasteiger partial charge is 0.182 e. The summed E-state index contributed by atoms with van der Waals surface area (Å²) in [6.45, 7) is 0. The highest BCUT2D eigenvalue weighted by Gasteiger charge is 2.09. The maximum absolute atomic E-state index is 7.17. The van der Waals surface area contributed by atoms with Crippen molar-refractivity contribution in [2.24, 2.45) is 14.1 Å². The summed E-state index contributed by atoms with van der Waals surface area (Å²) in [5, 5.41) is 0. The minimum Gasteiger partial charge on any atom is -0.359 e. The molecule has 0 aliphatic rings. The summed E-state index contributed by atoms with van der Waals surface area (Å²) < 4.78 is 3.92. The van der Waals surface area contributed by atoms with Crippen molar-refractivity contribution in [2.45, 2.75) is 0 Å². The summed E-state index contributed by atoms with van der Waals surface area (Å²) >= 11 is 0. The number of para-hydroxylation sites is 2. The second-order valence-corrected chi connectivity index (χ2v) is 3.06. The molecule has 1 aromatic heterocycles. The molecule has 2 rings (SSSR count). The zero-order valence-corrected chi connectivity index (χ0v) is 7.70. The Balaban J connectivity index is 2.99. The van der Waals surface area contributed by atoms with Crippen LogP contribution in [0.5, 0.6) is 0 Å². The minimum atomic E-state index is 0.779. The molecule has 0 aliphatic carbocycles. The van der Waals surface area contributed by atoms with Gasteiger partial charge >= 0.3 is 0 Å². The highest BCUT2D eigenvalue weighted by molar-refractivity contribution is 5.72. The number of benzene rings is 1. The molecule has 13 heavy (non-hydrogen) atoms. The molecule has 0 amide bonds. The van der Waals surface area contributed by atoms with Crippen LogP contribution in [0.25, 0.3) is 11.0 Å². The average Bonchev–Trinajstić information content (AvgIpc) is 2.41. The predicted molar refractivity (Wildman–Crippen MR) is 50.3 cm³/mol. The van der Waals surface area contributed by atoms with Crippen molar-refractivity contribution in [3.05, 3.63) is 36.5 Å². The lowest BCUT2D eigenvalue weighted by Crippen LogP contribution is -2.31. The van der Waals surface area contributed by atoms with E-state index in [4.69, 9.17) is 6.42 Å². The van der Waals surface area contributed by atoms with Gasteiger partial charge < -0.3 is 6.42 Å². The van der Waals surface area contributed by atoms with Gasteiger partial charge in [0.15, 0.2) is 16.9 Å². The van der Waals surface area contributed by atoms with Crippen LogP contribution >= 0.6 is 0 Å². The van der Waals surface area contributed by atoms with E-state index in [1.807, 2.05) is 47.5 Å². The topological polar surface area (TPSA) is 8.81 Å². The Kier molecular flexibility index (Phi) is 1.60. The molecule has 0 saturated heterocycles. The molecule has 0 N–H and O–H groups in total. The zero-order chi connectivity index (χ0) is 9.42. The third-order valence-corrected chi connectivity index (χ3v) is 2.35. The maximum Gasteiger partial charge on any atom is 0.182 e. The van der Waals surface area contributed by atoms with Crippen molar-refractivity contribution in [2.75, 3.05) is 0 Å². The number of fused-ring (bicyclic) bond motifs is 1. The fourth-order valence-corrected chi connectivity index (χ4v) is 1.65. The van der Waals surface area contributed by atoms with E-state index in [1.54, 1.807) is 0 Å². The van der Waals surface area contributed by atoms with Gasteiger partial charge in [0.2, 0.25) is 0 Å². The molecule has 0 radical (unpaired) electrons. The van der Waals surface area contributed by atoms with E-state index in [0.717, 1.165) is 16.9 Å². The molecule has 0 atom stereocenters. The summed E-state index contributed by atoms with van der Waals surface area (Å²) in [7, 11) is 3.89. The molecule has 0 unspecified atom stereocenters. The second-order valence-electron chi connectivity index (χ2n) is 3.06. The van der Waals surface area contributed by atoms with Gasteiger partial charge in [0.25, 0.3) is 0 Å². The van der Waals surface area contributed by atoms with Gasteiger partial charge in [-0.2, -0.15) is 0 Å². The van der Waals surface area contributed by atoms with Gasteiger partial charge in [-0.25, -0.2) is 5.92 Å². The molecule has 64 valence electrons. The summed E-state index contributed by atoms with van der Waals surface area (Å²) in [4.78, 5) is 0. The lowest BCUT2D eigenvalue weighted by Gasteiger charge is -1.95. The van der Waals surface area contributed by atoms with E-state index in [2.05, 4.69) is 5.92 Å². The third kappa shape index (κ3) is 0.940. The Morgan fingerprint density at radius 1 is 1.38 bits per heavy atom. The Hall–Kier alpha value is -1.75. The van der Waals surface area contributed by atoms with Crippen LogP contribution in [0.2, 0.25) is 0 Å². The van der Waals surface area contributed by atoms with E-state index in [0.29, 0.717) is 0 Å². The Morgan fingerprint density at radius 2 is 2.08 bits per heavy atom. The molecule has 0 bridgehead atoms. The fraction of sp³-hybridized carbons (Fsp3) is 0.182. The van der Waals surface area contributed by atoms with E-state index in [1.165, 1.54) is 0 Å². The first-order chi connectivity index (χ1) is 6.25. The molecule has 2 heteroatoms.